The van der Waals surface area contributed by atoms with Crippen LogP contribution in [0.3, 0.4) is 0 Å². The Morgan fingerprint density at radius 3 is 2.95 bits per heavy atom. The third kappa shape index (κ3) is 2.82. The maximum atomic E-state index is 5.30. The van der Waals surface area contributed by atoms with Gasteiger partial charge in [0.25, 0.3) is 5.89 Å². The zero-order valence-electron chi connectivity index (χ0n) is 11.8. The summed E-state index contributed by atoms with van der Waals surface area (Å²) in [6, 6.07) is 8.64. The third-order valence-corrected chi connectivity index (χ3v) is 5.01. The molecular formula is C15H19N3OS. The number of aryl methyl sites for hydroxylation is 1. The van der Waals surface area contributed by atoms with Crippen molar-refractivity contribution in [2.75, 3.05) is 11.1 Å². The van der Waals surface area contributed by atoms with E-state index in [9.17, 15) is 0 Å². The first-order valence-electron chi connectivity index (χ1n) is 7.02. The van der Waals surface area contributed by atoms with E-state index in [1.807, 2.05) is 36.9 Å². The zero-order valence-corrected chi connectivity index (χ0v) is 12.6. The molecule has 5 heteroatoms. The Kier molecular flexibility index (Phi) is 3.96. The van der Waals surface area contributed by atoms with Crippen LogP contribution >= 0.6 is 11.8 Å². The monoisotopic (exact) mass is 289 g/mol. The molecule has 2 aromatic rings. The topological polar surface area (TPSA) is 51.0 Å². The van der Waals surface area contributed by atoms with Gasteiger partial charge in [0.2, 0.25) is 0 Å². The van der Waals surface area contributed by atoms with Crippen molar-refractivity contribution < 1.29 is 4.52 Å². The Hall–Kier alpha value is -1.49. The van der Waals surface area contributed by atoms with Crippen molar-refractivity contribution in [3.63, 3.8) is 0 Å². The average molecular weight is 289 g/mol. The lowest BCUT2D eigenvalue weighted by Gasteiger charge is -2.30. The van der Waals surface area contributed by atoms with Gasteiger partial charge in [-0.1, -0.05) is 24.2 Å². The first-order chi connectivity index (χ1) is 9.74. The Morgan fingerprint density at radius 1 is 1.35 bits per heavy atom. The highest BCUT2D eigenvalue weighted by molar-refractivity contribution is 8.00. The molecule has 0 aliphatic carbocycles. The SMILES string of the molecule is Cc1noc(-c2ccccc2NC2CCCSC2C)n1. The van der Waals surface area contributed by atoms with Crippen LogP contribution in [0.15, 0.2) is 28.8 Å². The summed E-state index contributed by atoms with van der Waals surface area (Å²) < 4.78 is 5.30. The molecule has 0 amide bonds. The first-order valence-corrected chi connectivity index (χ1v) is 8.07. The molecule has 2 unspecified atom stereocenters. The van der Waals surface area contributed by atoms with Crippen LogP contribution in [0.4, 0.5) is 5.69 Å². The lowest BCUT2D eigenvalue weighted by Crippen LogP contribution is -2.32. The second-order valence-corrected chi connectivity index (χ2v) is 6.65. The number of aromatic nitrogens is 2. The molecule has 0 radical (unpaired) electrons. The highest BCUT2D eigenvalue weighted by Crippen LogP contribution is 2.31. The van der Waals surface area contributed by atoms with Gasteiger partial charge in [0, 0.05) is 17.0 Å². The number of hydrogen-bond acceptors (Lipinski definition) is 5. The summed E-state index contributed by atoms with van der Waals surface area (Å²) in [5.41, 5.74) is 2.06. The molecule has 2 atom stereocenters. The van der Waals surface area contributed by atoms with Gasteiger partial charge in [-0.25, -0.2) is 0 Å². The Labute approximate surface area is 123 Å². The molecular weight excluding hydrogens is 270 g/mol. The minimum Gasteiger partial charge on any atom is -0.381 e. The molecule has 3 rings (SSSR count). The molecule has 1 N–H and O–H groups in total. The largest absolute Gasteiger partial charge is 0.381 e. The van der Waals surface area contributed by atoms with E-state index in [4.69, 9.17) is 4.52 Å². The van der Waals surface area contributed by atoms with Gasteiger partial charge >= 0.3 is 0 Å². The number of benzene rings is 1. The average Bonchev–Trinajstić information content (AvgIpc) is 2.88. The highest BCUT2D eigenvalue weighted by Gasteiger charge is 2.23. The molecule has 4 nitrogen and oxygen atoms in total. The molecule has 1 aromatic carbocycles. The number of nitrogens with one attached hydrogen (secondary N) is 1. The van der Waals surface area contributed by atoms with Gasteiger partial charge < -0.3 is 9.84 Å². The molecule has 20 heavy (non-hydrogen) atoms. The van der Waals surface area contributed by atoms with E-state index in [2.05, 4.69) is 28.4 Å². The summed E-state index contributed by atoms with van der Waals surface area (Å²) in [4.78, 5) is 4.33. The van der Waals surface area contributed by atoms with Crippen LogP contribution in [0.25, 0.3) is 11.5 Å². The maximum Gasteiger partial charge on any atom is 0.260 e. The molecule has 1 aromatic heterocycles. The van der Waals surface area contributed by atoms with Gasteiger partial charge in [0.1, 0.15) is 0 Å². The number of para-hydroxylation sites is 1. The van der Waals surface area contributed by atoms with Gasteiger partial charge in [0.05, 0.1) is 5.56 Å². The van der Waals surface area contributed by atoms with E-state index >= 15 is 0 Å². The van der Waals surface area contributed by atoms with E-state index < -0.39 is 0 Å². The second kappa shape index (κ2) is 5.87. The summed E-state index contributed by atoms with van der Waals surface area (Å²) in [6.45, 7) is 4.13. The lowest BCUT2D eigenvalue weighted by molar-refractivity contribution is 0.425. The summed E-state index contributed by atoms with van der Waals surface area (Å²) in [5.74, 6) is 2.52. The van der Waals surface area contributed by atoms with Crippen molar-refractivity contribution in [2.24, 2.45) is 0 Å². The Balaban J connectivity index is 1.86. The van der Waals surface area contributed by atoms with Crippen molar-refractivity contribution in [3.05, 3.63) is 30.1 Å². The van der Waals surface area contributed by atoms with Crippen molar-refractivity contribution in [3.8, 4) is 11.5 Å². The normalized spacial score (nSPS) is 22.7. The molecule has 106 valence electrons. The van der Waals surface area contributed by atoms with E-state index in [1.165, 1.54) is 18.6 Å². The lowest BCUT2D eigenvalue weighted by atomic mass is 10.1. The number of anilines is 1. The van der Waals surface area contributed by atoms with E-state index in [0.29, 0.717) is 23.0 Å². The Bertz CT molecular complexity index is 584. The maximum absolute atomic E-state index is 5.30. The highest BCUT2D eigenvalue weighted by atomic mass is 32.2. The fraction of sp³-hybridized carbons (Fsp3) is 0.467. The van der Waals surface area contributed by atoms with E-state index in [1.54, 1.807) is 0 Å². The zero-order chi connectivity index (χ0) is 13.9. The smallest absolute Gasteiger partial charge is 0.260 e. The van der Waals surface area contributed by atoms with E-state index in [-0.39, 0.29) is 0 Å². The van der Waals surface area contributed by atoms with Gasteiger partial charge in [-0.15, -0.1) is 0 Å². The third-order valence-electron chi connectivity index (χ3n) is 3.63. The van der Waals surface area contributed by atoms with Crippen molar-refractivity contribution in [1.82, 2.24) is 10.1 Å². The van der Waals surface area contributed by atoms with Gasteiger partial charge in [0.15, 0.2) is 5.82 Å². The van der Waals surface area contributed by atoms with Crippen molar-refractivity contribution in [1.29, 1.82) is 0 Å². The molecule has 1 aliphatic heterocycles. The minimum absolute atomic E-state index is 0.499. The summed E-state index contributed by atoms with van der Waals surface area (Å²) in [7, 11) is 0. The Morgan fingerprint density at radius 2 is 2.20 bits per heavy atom. The molecule has 0 bridgehead atoms. The predicted octanol–water partition coefficient (Wildman–Crippen LogP) is 3.74. The van der Waals surface area contributed by atoms with Gasteiger partial charge in [-0.2, -0.15) is 16.7 Å². The number of hydrogen-bond donors (Lipinski definition) is 1. The molecule has 2 heterocycles. The number of nitrogens with zero attached hydrogens (tertiary/aromatic N) is 2. The van der Waals surface area contributed by atoms with Crippen LogP contribution in [-0.4, -0.2) is 27.2 Å². The summed E-state index contributed by atoms with van der Waals surface area (Å²) in [5, 5.41) is 8.16. The molecule has 0 saturated carbocycles. The van der Waals surface area contributed by atoms with Gasteiger partial charge in [-0.05, 0) is 37.7 Å². The van der Waals surface area contributed by atoms with Crippen LogP contribution in [0, 0.1) is 6.92 Å². The summed E-state index contributed by atoms with van der Waals surface area (Å²) in [6.07, 6.45) is 2.49. The quantitative estimate of drug-likeness (QED) is 0.932. The van der Waals surface area contributed by atoms with Crippen LogP contribution < -0.4 is 5.32 Å². The van der Waals surface area contributed by atoms with Gasteiger partial charge in [-0.3, -0.25) is 0 Å². The number of thioether (sulfide) groups is 1. The first kappa shape index (κ1) is 13.5. The fourth-order valence-electron chi connectivity index (χ4n) is 2.51. The molecule has 1 aliphatic rings. The van der Waals surface area contributed by atoms with E-state index in [0.717, 1.165) is 11.3 Å². The predicted molar refractivity (Wildman–Crippen MR) is 83.0 cm³/mol. The second-order valence-electron chi connectivity index (χ2n) is 5.16. The number of rotatable bonds is 3. The molecule has 0 spiro atoms. The van der Waals surface area contributed by atoms with Crippen LogP contribution in [0.1, 0.15) is 25.6 Å². The fourth-order valence-corrected chi connectivity index (χ4v) is 3.66. The van der Waals surface area contributed by atoms with Crippen molar-refractivity contribution >= 4 is 17.4 Å². The molecule has 1 fully saturated rings. The standard InChI is InChI=1S/C15H19N3OS/c1-10-13(8-5-9-20-10)17-14-7-4-3-6-12(14)15-16-11(2)18-19-15/h3-4,6-7,10,13,17H,5,8-9H2,1-2H3. The van der Waals surface area contributed by atoms with Crippen LogP contribution in [0.2, 0.25) is 0 Å². The minimum atomic E-state index is 0.499. The van der Waals surface area contributed by atoms with Crippen LogP contribution in [-0.2, 0) is 0 Å². The summed E-state index contributed by atoms with van der Waals surface area (Å²) >= 11 is 2.04. The van der Waals surface area contributed by atoms with Crippen LogP contribution in [0.5, 0.6) is 0 Å². The molecule has 1 saturated heterocycles. The van der Waals surface area contributed by atoms with Crippen molar-refractivity contribution in [2.45, 2.75) is 38.0 Å².